The first kappa shape index (κ1) is 7.98. The minimum absolute atomic E-state index is 0.390. The lowest BCUT2D eigenvalue weighted by molar-refractivity contribution is -0.107. The number of rotatable bonds is 2. The van der Waals surface area contributed by atoms with Gasteiger partial charge in [0.2, 0.25) is 0 Å². The number of aromatic nitrogens is 2. The van der Waals surface area contributed by atoms with E-state index in [9.17, 15) is 4.79 Å². The second-order valence-electron chi connectivity index (χ2n) is 3.07. The van der Waals surface area contributed by atoms with Crippen LogP contribution >= 0.6 is 0 Å². The van der Waals surface area contributed by atoms with Crippen LogP contribution in [0.3, 0.4) is 0 Å². The Labute approximate surface area is 76.0 Å². The van der Waals surface area contributed by atoms with Crippen molar-refractivity contribution in [3.63, 3.8) is 0 Å². The highest BCUT2D eigenvalue weighted by molar-refractivity contribution is 5.55. The van der Waals surface area contributed by atoms with Gasteiger partial charge in [-0.05, 0) is 18.6 Å². The highest BCUT2D eigenvalue weighted by Gasteiger charge is 1.99. The molecule has 3 heteroatoms. The van der Waals surface area contributed by atoms with Crippen molar-refractivity contribution in [2.45, 2.75) is 13.3 Å². The fourth-order valence-electron chi connectivity index (χ4n) is 1.34. The zero-order chi connectivity index (χ0) is 9.26. The van der Waals surface area contributed by atoms with Gasteiger partial charge in [0.15, 0.2) is 0 Å². The van der Waals surface area contributed by atoms with Crippen molar-refractivity contribution in [2.75, 3.05) is 0 Å². The first-order chi connectivity index (χ1) is 6.29. The van der Waals surface area contributed by atoms with Crippen LogP contribution < -0.4 is 0 Å². The molecule has 0 fully saturated rings. The summed E-state index contributed by atoms with van der Waals surface area (Å²) >= 11 is 0. The summed E-state index contributed by atoms with van der Waals surface area (Å²) in [5.41, 5.74) is 2.89. The molecule has 2 heterocycles. The normalized spacial score (nSPS) is 10.5. The molecule has 0 unspecified atom stereocenters. The highest BCUT2D eigenvalue weighted by Crippen LogP contribution is 2.06. The minimum atomic E-state index is 0.390. The highest BCUT2D eigenvalue weighted by atomic mass is 16.1. The number of fused-ring (bicyclic) bond motifs is 1. The maximum absolute atomic E-state index is 10.3. The number of nitrogens with zero attached hydrogens (tertiary/aromatic N) is 2. The van der Waals surface area contributed by atoms with Gasteiger partial charge in [0, 0.05) is 18.8 Å². The lowest BCUT2D eigenvalue weighted by atomic mass is 10.3. The molecule has 2 rings (SSSR count). The van der Waals surface area contributed by atoms with E-state index in [1.165, 1.54) is 5.56 Å². The summed E-state index contributed by atoms with van der Waals surface area (Å²) < 4.78 is 1.94. The van der Waals surface area contributed by atoms with Gasteiger partial charge in [-0.2, -0.15) is 0 Å². The quantitative estimate of drug-likeness (QED) is 0.645. The number of imidazole rings is 1. The molecule has 0 aliphatic rings. The zero-order valence-corrected chi connectivity index (χ0v) is 7.40. The van der Waals surface area contributed by atoms with E-state index in [-0.39, 0.29) is 0 Å². The van der Waals surface area contributed by atoms with Gasteiger partial charge >= 0.3 is 0 Å². The summed E-state index contributed by atoms with van der Waals surface area (Å²) in [5, 5.41) is 0. The molecule has 66 valence electrons. The van der Waals surface area contributed by atoms with Crippen LogP contribution in [-0.2, 0) is 11.2 Å². The van der Waals surface area contributed by atoms with Gasteiger partial charge in [0.1, 0.15) is 11.9 Å². The van der Waals surface area contributed by atoms with Crippen LogP contribution in [0.5, 0.6) is 0 Å². The first-order valence-corrected chi connectivity index (χ1v) is 4.17. The molecule has 0 aliphatic heterocycles. The summed E-state index contributed by atoms with van der Waals surface area (Å²) in [6, 6.07) is 3.96. The van der Waals surface area contributed by atoms with Crippen LogP contribution in [0, 0.1) is 6.92 Å². The van der Waals surface area contributed by atoms with Crippen molar-refractivity contribution in [2.24, 2.45) is 0 Å². The lowest BCUT2D eigenvalue weighted by Gasteiger charge is -1.92. The molecule has 0 saturated carbocycles. The van der Waals surface area contributed by atoms with Crippen LogP contribution in [0.2, 0.25) is 0 Å². The minimum Gasteiger partial charge on any atom is -0.307 e. The topological polar surface area (TPSA) is 34.4 Å². The Bertz CT molecular complexity index is 445. The zero-order valence-electron chi connectivity index (χ0n) is 7.40. The predicted octanol–water partition coefficient (Wildman–Crippen LogP) is 1.38. The molecule has 0 atom stereocenters. The van der Waals surface area contributed by atoms with Crippen molar-refractivity contribution >= 4 is 11.9 Å². The van der Waals surface area contributed by atoms with Gasteiger partial charge in [0.25, 0.3) is 0 Å². The summed E-state index contributed by atoms with van der Waals surface area (Å²) in [7, 11) is 0. The molecule has 3 nitrogen and oxygen atoms in total. The maximum atomic E-state index is 10.3. The van der Waals surface area contributed by atoms with Crippen molar-refractivity contribution in [3.8, 4) is 0 Å². The Morgan fingerprint density at radius 2 is 2.31 bits per heavy atom. The number of carbonyl (C=O) groups is 1. The summed E-state index contributed by atoms with van der Waals surface area (Å²) in [4.78, 5) is 14.5. The molecule has 13 heavy (non-hydrogen) atoms. The molecule has 0 aromatic carbocycles. The van der Waals surface area contributed by atoms with Crippen LogP contribution in [0.1, 0.15) is 11.3 Å². The van der Waals surface area contributed by atoms with Crippen LogP contribution in [0.25, 0.3) is 5.65 Å². The summed E-state index contributed by atoms with van der Waals surface area (Å²) in [5.74, 6) is 0. The average Bonchev–Trinajstić information content (AvgIpc) is 2.46. The van der Waals surface area contributed by atoms with E-state index in [4.69, 9.17) is 0 Å². The van der Waals surface area contributed by atoms with Crippen LogP contribution in [0.4, 0.5) is 0 Å². The third kappa shape index (κ3) is 1.45. The van der Waals surface area contributed by atoms with Gasteiger partial charge in [-0.3, -0.25) is 0 Å². The monoisotopic (exact) mass is 174 g/mol. The molecule has 0 saturated heterocycles. The van der Waals surface area contributed by atoms with Gasteiger partial charge < -0.3 is 9.20 Å². The van der Waals surface area contributed by atoms with E-state index in [0.29, 0.717) is 6.42 Å². The Morgan fingerprint density at radius 3 is 3.08 bits per heavy atom. The molecular formula is C10H10N2O. The molecule has 2 aromatic rings. The van der Waals surface area contributed by atoms with Crippen molar-refractivity contribution in [3.05, 3.63) is 35.8 Å². The van der Waals surface area contributed by atoms with E-state index in [1.807, 2.05) is 35.9 Å². The number of carbonyl (C=O) groups excluding carboxylic acids is 1. The van der Waals surface area contributed by atoms with Crippen molar-refractivity contribution in [1.29, 1.82) is 0 Å². The first-order valence-electron chi connectivity index (χ1n) is 4.17. The number of pyridine rings is 1. The second kappa shape index (κ2) is 3.01. The van der Waals surface area contributed by atoms with Crippen molar-refractivity contribution < 1.29 is 4.79 Å². The third-order valence-corrected chi connectivity index (χ3v) is 1.94. The SMILES string of the molecule is Cc1ccc2nc(CC=O)cn2c1. The molecule has 0 amide bonds. The summed E-state index contributed by atoms with van der Waals surface area (Å²) in [6.07, 6.45) is 5.14. The number of aryl methyl sites for hydroxylation is 1. The lowest BCUT2D eigenvalue weighted by Crippen LogP contribution is -1.83. The van der Waals surface area contributed by atoms with Crippen molar-refractivity contribution in [1.82, 2.24) is 9.38 Å². The van der Waals surface area contributed by atoms with Gasteiger partial charge in [-0.25, -0.2) is 4.98 Å². The van der Waals surface area contributed by atoms with Gasteiger partial charge in [-0.15, -0.1) is 0 Å². The Balaban J connectivity index is 2.55. The smallest absolute Gasteiger partial charge is 0.137 e. The molecule has 0 N–H and O–H groups in total. The predicted molar refractivity (Wildman–Crippen MR) is 49.7 cm³/mol. The summed E-state index contributed by atoms with van der Waals surface area (Å²) in [6.45, 7) is 2.03. The fraction of sp³-hybridized carbons (Fsp3) is 0.200. The molecular weight excluding hydrogens is 164 g/mol. The number of hydrogen-bond acceptors (Lipinski definition) is 2. The molecule has 0 bridgehead atoms. The average molecular weight is 174 g/mol. The molecule has 0 spiro atoms. The largest absolute Gasteiger partial charge is 0.307 e. The van der Waals surface area contributed by atoms with E-state index in [2.05, 4.69) is 4.98 Å². The Kier molecular flexibility index (Phi) is 1.85. The molecule has 2 aromatic heterocycles. The van der Waals surface area contributed by atoms with E-state index in [0.717, 1.165) is 17.6 Å². The van der Waals surface area contributed by atoms with E-state index >= 15 is 0 Å². The number of aldehydes is 1. The Hall–Kier alpha value is -1.64. The second-order valence-corrected chi connectivity index (χ2v) is 3.07. The maximum Gasteiger partial charge on any atom is 0.137 e. The number of hydrogen-bond donors (Lipinski definition) is 0. The van der Waals surface area contributed by atoms with E-state index in [1.54, 1.807) is 0 Å². The Morgan fingerprint density at radius 1 is 1.46 bits per heavy atom. The molecule has 0 aliphatic carbocycles. The van der Waals surface area contributed by atoms with Crippen LogP contribution in [0.15, 0.2) is 24.5 Å². The van der Waals surface area contributed by atoms with Gasteiger partial charge in [-0.1, -0.05) is 6.07 Å². The fourth-order valence-corrected chi connectivity index (χ4v) is 1.34. The van der Waals surface area contributed by atoms with Gasteiger partial charge in [0.05, 0.1) is 5.69 Å². The van der Waals surface area contributed by atoms with E-state index < -0.39 is 0 Å². The van der Waals surface area contributed by atoms with Crippen LogP contribution in [-0.4, -0.2) is 15.7 Å². The standard InChI is InChI=1S/C10H10N2O/c1-8-2-3-10-11-9(4-5-13)7-12(10)6-8/h2-3,5-7H,4H2,1H3. The third-order valence-electron chi connectivity index (χ3n) is 1.94. The molecule has 0 radical (unpaired) electrons.